The number of carbonyl (C=O) groups is 1. The van der Waals surface area contributed by atoms with Gasteiger partial charge in [-0.25, -0.2) is 8.78 Å². The van der Waals surface area contributed by atoms with Gasteiger partial charge in [-0.3, -0.25) is 4.79 Å². The van der Waals surface area contributed by atoms with E-state index < -0.39 is 17.5 Å². The van der Waals surface area contributed by atoms with Crippen LogP contribution in [0.2, 0.25) is 0 Å². The highest BCUT2D eigenvalue weighted by atomic mass is 19.1. The van der Waals surface area contributed by atoms with E-state index >= 15 is 0 Å². The van der Waals surface area contributed by atoms with Gasteiger partial charge in [-0.2, -0.15) is 0 Å². The predicted octanol–water partition coefficient (Wildman–Crippen LogP) is 3.60. The highest BCUT2D eigenvalue weighted by Gasteiger charge is 2.23. The Morgan fingerprint density at radius 3 is 2.43 bits per heavy atom. The van der Waals surface area contributed by atoms with Gasteiger partial charge in [0.1, 0.15) is 18.9 Å². The van der Waals surface area contributed by atoms with Crippen LogP contribution in [0.5, 0.6) is 17.2 Å². The van der Waals surface area contributed by atoms with Crippen molar-refractivity contribution in [1.82, 2.24) is 0 Å². The second-order valence-corrected chi connectivity index (χ2v) is 6.64. The Hall–Kier alpha value is -3.03. The molecule has 0 aliphatic carbocycles. The van der Waals surface area contributed by atoms with E-state index in [4.69, 9.17) is 14.2 Å². The molecule has 28 heavy (non-hydrogen) atoms. The molecule has 0 aromatic heterocycles. The number of hydrogen-bond donors (Lipinski definition) is 1. The molecule has 2 aliphatic rings. The lowest BCUT2D eigenvalue weighted by molar-refractivity contribution is 0.102. The molecule has 0 radical (unpaired) electrons. The molecule has 8 heteroatoms. The maximum Gasteiger partial charge on any atom is 0.255 e. The lowest BCUT2D eigenvalue weighted by atomic mass is 10.1. The van der Waals surface area contributed by atoms with Gasteiger partial charge in [-0.05, 0) is 37.1 Å². The van der Waals surface area contributed by atoms with Crippen LogP contribution in [0.3, 0.4) is 0 Å². The van der Waals surface area contributed by atoms with Crippen molar-refractivity contribution in [3.63, 3.8) is 0 Å². The summed E-state index contributed by atoms with van der Waals surface area (Å²) >= 11 is 0. The van der Waals surface area contributed by atoms with Crippen LogP contribution in [0.1, 0.15) is 23.2 Å². The molecular formula is C20H20F2N2O4. The smallest absolute Gasteiger partial charge is 0.255 e. The zero-order valence-corrected chi connectivity index (χ0v) is 15.4. The van der Waals surface area contributed by atoms with Gasteiger partial charge in [0.05, 0.1) is 7.11 Å². The lowest BCUT2D eigenvalue weighted by Gasteiger charge is -2.21. The molecule has 1 saturated heterocycles. The highest BCUT2D eigenvalue weighted by molar-refractivity contribution is 6.05. The summed E-state index contributed by atoms with van der Waals surface area (Å²) in [4.78, 5) is 14.3. The van der Waals surface area contributed by atoms with Gasteiger partial charge in [0.25, 0.3) is 5.91 Å². The molecule has 148 valence electrons. The maximum atomic E-state index is 14.5. The van der Waals surface area contributed by atoms with Gasteiger partial charge in [0, 0.05) is 24.3 Å². The number of halogens is 2. The van der Waals surface area contributed by atoms with E-state index in [0.717, 1.165) is 25.0 Å². The molecule has 1 amide bonds. The van der Waals surface area contributed by atoms with E-state index in [1.165, 1.54) is 19.2 Å². The first-order valence-corrected chi connectivity index (χ1v) is 9.10. The summed E-state index contributed by atoms with van der Waals surface area (Å²) in [5.41, 5.74) is 0.221. The topological polar surface area (TPSA) is 60.0 Å². The van der Waals surface area contributed by atoms with Crippen LogP contribution in [0.15, 0.2) is 24.3 Å². The van der Waals surface area contributed by atoms with E-state index in [1.807, 2.05) is 0 Å². The van der Waals surface area contributed by atoms with E-state index in [2.05, 4.69) is 5.32 Å². The van der Waals surface area contributed by atoms with Gasteiger partial charge in [-0.15, -0.1) is 0 Å². The summed E-state index contributed by atoms with van der Waals surface area (Å²) in [5.74, 6) is -0.768. The van der Waals surface area contributed by atoms with Crippen molar-refractivity contribution in [2.24, 2.45) is 0 Å². The minimum atomic E-state index is -0.697. The number of carbonyl (C=O) groups excluding carboxylic acids is 1. The summed E-state index contributed by atoms with van der Waals surface area (Å²) < 4.78 is 45.2. The number of benzene rings is 2. The minimum Gasteiger partial charge on any atom is -0.493 e. The van der Waals surface area contributed by atoms with Crippen molar-refractivity contribution >= 4 is 17.3 Å². The maximum absolute atomic E-state index is 14.5. The second kappa shape index (κ2) is 7.53. The van der Waals surface area contributed by atoms with Gasteiger partial charge >= 0.3 is 0 Å². The standard InChI is InChI=1S/C20H20F2N2O4/c1-26-16-8-12(9-17-19(16)28-7-6-27-17)20(25)23-13-10-14(21)18(15(22)11-13)24-4-2-3-5-24/h8-11H,2-7H2,1H3,(H,23,25). The fourth-order valence-corrected chi connectivity index (χ4v) is 3.49. The first-order valence-electron chi connectivity index (χ1n) is 9.10. The average molecular weight is 390 g/mol. The van der Waals surface area contributed by atoms with E-state index in [1.54, 1.807) is 4.90 Å². The van der Waals surface area contributed by atoms with Crippen LogP contribution in [0.25, 0.3) is 0 Å². The van der Waals surface area contributed by atoms with Crippen LogP contribution in [-0.4, -0.2) is 39.3 Å². The van der Waals surface area contributed by atoms with Crippen molar-refractivity contribution in [3.8, 4) is 17.2 Å². The Morgan fingerprint density at radius 1 is 1.07 bits per heavy atom. The monoisotopic (exact) mass is 390 g/mol. The molecule has 0 unspecified atom stereocenters. The van der Waals surface area contributed by atoms with Crippen LogP contribution in [-0.2, 0) is 0 Å². The molecule has 1 fully saturated rings. The number of nitrogens with zero attached hydrogens (tertiary/aromatic N) is 1. The number of hydrogen-bond acceptors (Lipinski definition) is 5. The number of nitrogens with one attached hydrogen (secondary N) is 1. The summed E-state index contributed by atoms with van der Waals surface area (Å²) in [5, 5.41) is 2.53. The molecule has 2 aromatic carbocycles. The lowest BCUT2D eigenvalue weighted by Crippen LogP contribution is -2.21. The SMILES string of the molecule is COc1cc(C(=O)Nc2cc(F)c(N3CCCC3)c(F)c2)cc2c1OCCO2. The molecule has 2 heterocycles. The molecule has 4 rings (SSSR count). The number of fused-ring (bicyclic) bond motifs is 1. The normalized spacial score (nSPS) is 15.5. The number of methoxy groups -OCH3 is 1. The first-order chi connectivity index (χ1) is 13.6. The van der Waals surface area contributed by atoms with E-state index in [9.17, 15) is 13.6 Å². The Labute approximate surface area is 161 Å². The molecule has 0 bridgehead atoms. The highest BCUT2D eigenvalue weighted by Crippen LogP contribution is 2.40. The number of amides is 1. The van der Waals surface area contributed by atoms with Crippen LogP contribution >= 0.6 is 0 Å². The predicted molar refractivity (Wildman–Crippen MR) is 99.7 cm³/mol. The van der Waals surface area contributed by atoms with Gasteiger partial charge < -0.3 is 24.4 Å². The summed E-state index contributed by atoms with van der Waals surface area (Å²) in [6.45, 7) is 1.99. The van der Waals surface area contributed by atoms with Crippen LogP contribution < -0.4 is 24.4 Å². The van der Waals surface area contributed by atoms with Gasteiger partial charge in [0.15, 0.2) is 23.1 Å². The fourth-order valence-electron chi connectivity index (χ4n) is 3.49. The summed E-state index contributed by atoms with van der Waals surface area (Å²) in [7, 11) is 1.46. The molecule has 0 spiro atoms. The van der Waals surface area contributed by atoms with Crippen molar-refractivity contribution in [2.45, 2.75) is 12.8 Å². The number of ether oxygens (including phenoxy) is 3. The zero-order valence-electron chi connectivity index (χ0n) is 15.4. The Kier molecular flexibility index (Phi) is 4.93. The molecule has 0 saturated carbocycles. The molecule has 0 atom stereocenters. The molecule has 2 aromatic rings. The van der Waals surface area contributed by atoms with Crippen LogP contribution in [0.4, 0.5) is 20.2 Å². The quantitative estimate of drug-likeness (QED) is 0.865. The molecule has 2 aliphatic heterocycles. The minimum absolute atomic E-state index is 0.0387. The van der Waals surface area contributed by atoms with Crippen molar-refractivity contribution in [1.29, 1.82) is 0 Å². The van der Waals surface area contributed by atoms with E-state index in [0.29, 0.717) is 43.6 Å². The molecule has 1 N–H and O–H groups in total. The number of anilines is 2. The summed E-state index contributed by atoms with van der Waals surface area (Å²) in [6, 6.07) is 5.26. The fraction of sp³-hybridized carbons (Fsp3) is 0.350. The summed E-state index contributed by atoms with van der Waals surface area (Å²) in [6.07, 6.45) is 1.81. The van der Waals surface area contributed by atoms with Crippen molar-refractivity contribution < 1.29 is 27.8 Å². The average Bonchev–Trinajstić information content (AvgIpc) is 3.20. The Morgan fingerprint density at radius 2 is 1.75 bits per heavy atom. The Bertz CT molecular complexity index is 873. The third-order valence-corrected chi connectivity index (χ3v) is 4.79. The zero-order chi connectivity index (χ0) is 19.7. The molecular weight excluding hydrogens is 370 g/mol. The van der Waals surface area contributed by atoms with Gasteiger partial charge in [-0.1, -0.05) is 0 Å². The Balaban J connectivity index is 1.58. The first kappa shape index (κ1) is 18.3. The second-order valence-electron chi connectivity index (χ2n) is 6.64. The largest absolute Gasteiger partial charge is 0.493 e. The third kappa shape index (κ3) is 3.42. The van der Waals surface area contributed by atoms with Gasteiger partial charge in [0.2, 0.25) is 5.75 Å². The number of rotatable bonds is 4. The van der Waals surface area contributed by atoms with Crippen LogP contribution in [0, 0.1) is 11.6 Å². The van der Waals surface area contributed by atoms with Crippen molar-refractivity contribution in [2.75, 3.05) is 43.6 Å². The third-order valence-electron chi connectivity index (χ3n) is 4.79. The molecule has 6 nitrogen and oxygen atoms in total. The van der Waals surface area contributed by atoms with Crippen molar-refractivity contribution in [3.05, 3.63) is 41.5 Å². The van der Waals surface area contributed by atoms with E-state index in [-0.39, 0.29) is 16.9 Å².